The largest absolute Gasteiger partial charge is 0.496 e. The first kappa shape index (κ1) is 18.1. The van der Waals surface area contributed by atoms with E-state index in [9.17, 15) is 4.79 Å². The van der Waals surface area contributed by atoms with Gasteiger partial charge in [-0.25, -0.2) is 4.79 Å². The Bertz CT molecular complexity index is 464. The molecule has 0 radical (unpaired) electrons. The van der Waals surface area contributed by atoms with E-state index in [1.54, 1.807) is 32.8 Å². The van der Waals surface area contributed by atoms with Gasteiger partial charge in [-0.3, -0.25) is 0 Å². The molecule has 0 spiro atoms. The first-order valence-electron chi connectivity index (χ1n) is 6.09. The summed E-state index contributed by atoms with van der Waals surface area (Å²) >= 11 is 1.63. The predicted octanol–water partition coefficient (Wildman–Crippen LogP) is 1.30. The van der Waals surface area contributed by atoms with E-state index in [0.29, 0.717) is 17.9 Å². The van der Waals surface area contributed by atoms with Crippen LogP contribution in [0.15, 0.2) is 17.0 Å². The second kappa shape index (κ2) is 9.92. The van der Waals surface area contributed by atoms with Crippen molar-refractivity contribution in [1.82, 2.24) is 0 Å². The summed E-state index contributed by atoms with van der Waals surface area (Å²) in [6, 6.07) is 3.64. The fourth-order valence-electron chi connectivity index (χ4n) is 1.57. The fraction of sp³-hybridized carbons (Fsp3) is 0.462. The molecule has 0 saturated carbocycles. The summed E-state index contributed by atoms with van der Waals surface area (Å²) in [4.78, 5) is 12.8. The van der Waals surface area contributed by atoms with E-state index in [1.807, 2.05) is 12.1 Å². The van der Waals surface area contributed by atoms with Crippen LogP contribution >= 0.6 is 11.8 Å². The molecule has 0 fully saturated rings. The molecule has 0 bridgehead atoms. The summed E-state index contributed by atoms with van der Waals surface area (Å²) < 4.78 is 10.4. The molecule has 0 aliphatic carbocycles. The molecule has 1 rings (SSSR count). The molecule has 7 heteroatoms. The zero-order valence-electron chi connectivity index (χ0n) is 12.1. The summed E-state index contributed by atoms with van der Waals surface area (Å²) in [7, 11) is 3.39. The number of esters is 1. The van der Waals surface area contributed by atoms with Crippen LogP contribution in [-0.4, -0.2) is 32.5 Å². The van der Waals surface area contributed by atoms with Crippen molar-refractivity contribution in [2.24, 2.45) is 0 Å². The zero-order valence-corrected chi connectivity index (χ0v) is 13.0. The lowest BCUT2D eigenvalue weighted by molar-refractivity contribution is -0.175. The van der Waals surface area contributed by atoms with Gasteiger partial charge in [0.15, 0.2) is 0 Å². The van der Waals surface area contributed by atoms with Crippen molar-refractivity contribution in [3.63, 3.8) is 0 Å². The van der Waals surface area contributed by atoms with Gasteiger partial charge in [0.2, 0.25) is 5.39 Å². The van der Waals surface area contributed by atoms with Crippen LogP contribution in [-0.2, 0) is 4.74 Å². The highest BCUT2D eigenvalue weighted by Crippen LogP contribution is 2.34. The SMILES string of the molecule is CCOC(=O)c1cc(SCC)c(OC)cc1NC.N#[NH+]. The third-order valence-electron chi connectivity index (χ3n) is 2.37. The van der Waals surface area contributed by atoms with Crippen molar-refractivity contribution in [3.05, 3.63) is 17.7 Å². The Balaban J connectivity index is 0.00000172. The lowest BCUT2D eigenvalue weighted by Gasteiger charge is -2.14. The lowest BCUT2D eigenvalue weighted by atomic mass is 10.1. The Kier molecular flexibility index (Phi) is 8.96. The van der Waals surface area contributed by atoms with Crippen LogP contribution < -0.4 is 15.4 Å². The molecule has 20 heavy (non-hydrogen) atoms. The Morgan fingerprint density at radius 2 is 2.05 bits per heavy atom. The predicted molar refractivity (Wildman–Crippen MR) is 77.6 cm³/mol. The molecule has 110 valence electrons. The van der Waals surface area contributed by atoms with Gasteiger partial charge in [0.05, 0.1) is 35.3 Å². The second-order valence-corrected chi connectivity index (χ2v) is 4.76. The van der Waals surface area contributed by atoms with Crippen molar-refractivity contribution in [2.45, 2.75) is 18.7 Å². The number of diazo groups is 1. The molecule has 6 nitrogen and oxygen atoms in total. The molecule has 0 aromatic heterocycles. The van der Waals surface area contributed by atoms with Crippen LogP contribution in [0.2, 0.25) is 0 Å². The average Bonchev–Trinajstić information content (AvgIpc) is 2.49. The summed E-state index contributed by atoms with van der Waals surface area (Å²) in [5, 5.41) is 14.0. The second-order valence-electron chi connectivity index (χ2n) is 3.45. The number of benzene rings is 1. The van der Waals surface area contributed by atoms with E-state index < -0.39 is 0 Å². The molecule has 0 heterocycles. The maximum Gasteiger partial charge on any atom is 0.340 e. The van der Waals surface area contributed by atoms with Crippen LogP contribution in [0, 0.1) is 5.39 Å². The minimum Gasteiger partial charge on any atom is -0.496 e. The highest BCUT2D eigenvalue weighted by Gasteiger charge is 2.16. The van der Waals surface area contributed by atoms with Gasteiger partial charge in [-0.1, -0.05) is 6.92 Å². The van der Waals surface area contributed by atoms with Gasteiger partial charge in [-0.15, -0.1) is 11.8 Å². The first-order valence-corrected chi connectivity index (χ1v) is 7.08. The number of methoxy groups -OCH3 is 1. The van der Waals surface area contributed by atoms with Gasteiger partial charge in [0, 0.05) is 13.1 Å². The van der Waals surface area contributed by atoms with E-state index in [0.717, 1.165) is 16.4 Å². The average molecular weight is 298 g/mol. The molecule has 0 amide bonds. The van der Waals surface area contributed by atoms with Crippen LogP contribution in [0.4, 0.5) is 5.69 Å². The third-order valence-corrected chi connectivity index (χ3v) is 3.29. The smallest absolute Gasteiger partial charge is 0.340 e. The van der Waals surface area contributed by atoms with Crippen molar-refractivity contribution < 1.29 is 19.7 Å². The number of hydrogen-bond donors (Lipinski definition) is 2. The van der Waals surface area contributed by atoms with E-state index in [4.69, 9.17) is 20.3 Å². The topological polar surface area (TPSA) is 95.1 Å². The molecule has 0 saturated heterocycles. The Morgan fingerprint density at radius 1 is 1.40 bits per heavy atom. The Hall–Kier alpha value is -1.94. The number of ether oxygens (including phenoxy) is 2. The number of anilines is 1. The highest BCUT2D eigenvalue weighted by atomic mass is 32.2. The maximum atomic E-state index is 11.9. The standard InChI is InChI=1S/C13H19NO3S.N2/c1-5-17-13(15)9-7-12(18-6-2)11(16-4)8-10(9)14-3;1-2/h7-8,14H,5-6H2,1-4H3;/p+1. The van der Waals surface area contributed by atoms with Gasteiger partial charge in [-0.2, -0.15) is 0 Å². The third kappa shape index (κ3) is 4.63. The quantitative estimate of drug-likeness (QED) is 0.467. The Morgan fingerprint density at radius 3 is 2.50 bits per heavy atom. The molecule has 0 unspecified atom stereocenters. The van der Waals surface area contributed by atoms with Gasteiger partial charge in [0.25, 0.3) is 0 Å². The maximum absolute atomic E-state index is 11.9. The molecule has 0 aliphatic rings. The number of carbonyl (C=O) groups excluding carboxylic acids is 1. The van der Waals surface area contributed by atoms with Gasteiger partial charge in [-0.05, 0) is 18.7 Å². The Labute approximate surface area is 123 Å². The number of nitrogens with one attached hydrogen (secondary N) is 2. The fourth-order valence-corrected chi connectivity index (χ4v) is 2.37. The summed E-state index contributed by atoms with van der Waals surface area (Å²) in [6.07, 6.45) is 0. The van der Waals surface area contributed by atoms with Crippen LogP contribution in [0.5, 0.6) is 5.75 Å². The molecular weight excluding hydrogens is 278 g/mol. The zero-order chi connectivity index (χ0) is 15.5. The van der Waals surface area contributed by atoms with E-state index in [1.165, 1.54) is 0 Å². The van der Waals surface area contributed by atoms with E-state index in [-0.39, 0.29) is 5.97 Å². The molecular formula is C13H20N3O3S+. The van der Waals surface area contributed by atoms with Crippen LogP contribution in [0.1, 0.15) is 24.2 Å². The highest BCUT2D eigenvalue weighted by molar-refractivity contribution is 7.99. The first-order chi connectivity index (χ1) is 9.67. The number of rotatable bonds is 6. The number of nitrogens with zero attached hydrogens (tertiary/aromatic N) is 1. The molecule has 0 aliphatic heterocycles. The van der Waals surface area contributed by atoms with Crippen molar-refractivity contribution in [1.29, 1.82) is 5.39 Å². The van der Waals surface area contributed by atoms with E-state index >= 15 is 0 Å². The van der Waals surface area contributed by atoms with Crippen LogP contribution in [0.3, 0.4) is 0 Å². The minimum atomic E-state index is -0.317. The van der Waals surface area contributed by atoms with E-state index in [2.05, 4.69) is 12.2 Å². The van der Waals surface area contributed by atoms with Gasteiger partial charge in [0.1, 0.15) is 5.75 Å². The minimum absolute atomic E-state index is 0.317. The molecule has 0 atom stereocenters. The summed E-state index contributed by atoms with van der Waals surface area (Å²) in [6.45, 7) is 4.21. The van der Waals surface area contributed by atoms with Crippen molar-refractivity contribution >= 4 is 23.4 Å². The molecule has 1 aromatic rings. The van der Waals surface area contributed by atoms with Crippen LogP contribution in [0.25, 0.3) is 0 Å². The number of thioether (sulfide) groups is 1. The summed E-state index contributed by atoms with van der Waals surface area (Å²) in [5.74, 6) is 1.36. The van der Waals surface area contributed by atoms with Gasteiger partial charge < -0.3 is 14.8 Å². The number of hydrogen-bond acceptors (Lipinski definition) is 6. The molecule has 2 N–H and O–H groups in total. The molecule has 1 aromatic carbocycles. The lowest BCUT2D eigenvalue weighted by Crippen LogP contribution is -2.11. The monoisotopic (exact) mass is 298 g/mol. The summed E-state index contributed by atoms with van der Waals surface area (Å²) in [5.41, 5.74) is 1.25. The normalized spacial score (nSPS) is 9.10. The number of carbonyl (C=O) groups is 1. The van der Waals surface area contributed by atoms with Gasteiger partial charge >= 0.3 is 5.97 Å². The van der Waals surface area contributed by atoms with Crippen molar-refractivity contribution in [2.75, 3.05) is 31.8 Å². The van der Waals surface area contributed by atoms with Crippen molar-refractivity contribution in [3.8, 4) is 5.75 Å².